The van der Waals surface area contributed by atoms with Crippen molar-refractivity contribution in [1.29, 1.82) is 5.26 Å². The van der Waals surface area contributed by atoms with Crippen molar-refractivity contribution in [3.05, 3.63) is 0 Å². The quantitative estimate of drug-likeness (QED) is 0.664. The fourth-order valence-electron chi connectivity index (χ4n) is 1.12. The van der Waals surface area contributed by atoms with Gasteiger partial charge >= 0.3 is 0 Å². The summed E-state index contributed by atoms with van der Waals surface area (Å²) in [5, 5.41) is 18.0. The molecule has 82 valence electrons. The van der Waals surface area contributed by atoms with E-state index in [9.17, 15) is 0 Å². The van der Waals surface area contributed by atoms with Crippen LogP contribution in [0.1, 0.15) is 40.0 Å². The molecule has 2 nitrogen and oxygen atoms in total. The van der Waals surface area contributed by atoms with Gasteiger partial charge in [-0.2, -0.15) is 17.0 Å². The normalized spacial score (nSPS) is 13.6. The maximum Gasteiger partial charge on any atom is 0.0683 e. The standard InChI is InChI=1S/C11H21NOS/c1-10(5-7-13)14-8-4-6-11(2,3)9-12/h10,13H,4-8H2,1-3H3. The lowest BCUT2D eigenvalue weighted by Crippen LogP contribution is -2.08. The first-order valence-electron chi connectivity index (χ1n) is 5.15. The zero-order valence-corrected chi connectivity index (χ0v) is 10.2. The van der Waals surface area contributed by atoms with Gasteiger partial charge in [-0.15, -0.1) is 0 Å². The molecule has 0 amide bonds. The van der Waals surface area contributed by atoms with Crippen molar-refractivity contribution in [1.82, 2.24) is 0 Å². The van der Waals surface area contributed by atoms with E-state index in [-0.39, 0.29) is 12.0 Å². The zero-order valence-electron chi connectivity index (χ0n) is 9.42. The van der Waals surface area contributed by atoms with Crippen LogP contribution in [-0.4, -0.2) is 22.7 Å². The molecule has 0 aliphatic heterocycles. The Bertz CT molecular complexity index is 186. The molecule has 3 heteroatoms. The molecule has 0 aromatic carbocycles. The summed E-state index contributed by atoms with van der Waals surface area (Å²) in [6.45, 7) is 6.37. The van der Waals surface area contributed by atoms with Crippen molar-refractivity contribution in [3.63, 3.8) is 0 Å². The third-order valence-corrected chi connectivity index (χ3v) is 3.52. The van der Waals surface area contributed by atoms with E-state index in [1.54, 1.807) is 0 Å². The lowest BCUT2D eigenvalue weighted by atomic mass is 9.90. The highest BCUT2D eigenvalue weighted by Crippen LogP contribution is 2.23. The summed E-state index contributed by atoms with van der Waals surface area (Å²) in [5.41, 5.74) is -0.180. The van der Waals surface area contributed by atoms with Gasteiger partial charge in [0.2, 0.25) is 0 Å². The molecule has 0 aliphatic carbocycles. The molecular weight excluding hydrogens is 194 g/mol. The van der Waals surface area contributed by atoms with Crippen LogP contribution >= 0.6 is 11.8 Å². The number of nitrogens with zero attached hydrogens (tertiary/aromatic N) is 1. The molecule has 0 heterocycles. The topological polar surface area (TPSA) is 44.0 Å². The number of aliphatic hydroxyl groups is 1. The summed E-state index contributed by atoms with van der Waals surface area (Å²) in [6, 6.07) is 2.31. The molecule has 14 heavy (non-hydrogen) atoms. The summed E-state index contributed by atoms with van der Waals surface area (Å²) >= 11 is 1.88. The monoisotopic (exact) mass is 215 g/mol. The summed E-state index contributed by atoms with van der Waals surface area (Å²) < 4.78 is 0. The van der Waals surface area contributed by atoms with E-state index in [1.165, 1.54) is 0 Å². The van der Waals surface area contributed by atoms with Crippen molar-refractivity contribution >= 4 is 11.8 Å². The van der Waals surface area contributed by atoms with Crippen molar-refractivity contribution in [2.45, 2.75) is 45.3 Å². The second-order valence-corrected chi connectivity index (χ2v) is 5.84. The van der Waals surface area contributed by atoms with Gasteiger partial charge in [0.05, 0.1) is 11.5 Å². The van der Waals surface area contributed by atoms with Gasteiger partial charge in [-0.05, 0) is 38.9 Å². The highest BCUT2D eigenvalue weighted by molar-refractivity contribution is 7.99. The first kappa shape index (κ1) is 13.8. The van der Waals surface area contributed by atoms with Gasteiger partial charge in [0, 0.05) is 11.9 Å². The van der Waals surface area contributed by atoms with Crippen LogP contribution in [0, 0.1) is 16.7 Å². The molecule has 1 unspecified atom stereocenters. The molecule has 0 saturated heterocycles. The van der Waals surface area contributed by atoms with E-state index < -0.39 is 0 Å². The van der Waals surface area contributed by atoms with Crippen molar-refractivity contribution in [2.24, 2.45) is 5.41 Å². The minimum Gasteiger partial charge on any atom is -0.396 e. The molecule has 1 N–H and O–H groups in total. The van der Waals surface area contributed by atoms with Gasteiger partial charge in [-0.1, -0.05) is 6.92 Å². The van der Waals surface area contributed by atoms with Gasteiger partial charge in [0.1, 0.15) is 0 Å². The Labute approximate surface area is 91.7 Å². The zero-order chi connectivity index (χ0) is 11.0. The van der Waals surface area contributed by atoms with Crippen LogP contribution in [-0.2, 0) is 0 Å². The van der Waals surface area contributed by atoms with Crippen LogP contribution in [0.5, 0.6) is 0 Å². The molecule has 1 atom stereocenters. The molecule has 0 spiro atoms. The summed E-state index contributed by atoms with van der Waals surface area (Å²) in [6.07, 6.45) is 2.91. The van der Waals surface area contributed by atoms with Crippen molar-refractivity contribution in [3.8, 4) is 6.07 Å². The number of hydrogen-bond acceptors (Lipinski definition) is 3. The number of nitriles is 1. The van der Waals surface area contributed by atoms with E-state index in [1.807, 2.05) is 25.6 Å². The Morgan fingerprint density at radius 1 is 1.50 bits per heavy atom. The molecule has 0 aromatic rings. The van der Waals surface area contributed by atoms with Gasteiger partial charge in [-0.25, -0.2) is 0 Å². The van der Waals surface area contributed by atoms with Crippen molar-refractivity contribution < 1.29 is 5.11 Å². The summed E-state index contributed by atoms with van der Waals surface area (Å²) in [7, 11) is 0. The van der Waals surface area contributed by atoms with E-state index in [2.05, 4.69) is 13.0 Å². The highest BCUT2D eigenvalue weighted by Gasteiger charge is 2.15. The van der Waals surface area contributed by atoms with Crippen LogP contribution in [0.3, 0.4) is 0 Å². The van der Waals surface area contributed by atoms with Crippen molar-refractivity contribution in [2.75, 3.05) is 12.4 Å². The van der Waals surface area contributed by atoms with E-state index in [4.69, 9.17) is 10.4 Å². The SMILES string of the molecule is CC(CCO)SCCCC(C)(C)C#N. The fraction of sp³-hybridized carbons (Fsp3) is 0.909. The Balaban J connectivity index is 3.43. The first-order chi connectivity index (χ1) is 6.52. The third kappa shape index (κ3) is 7.23. The smallest absolute Gasteiger partial charge is 0.0683 e. The second-order valence-electron chi connectivity index (χ2n) is 4.29. The predicted octanol–water partition coefficient (Wildman–Crippen LogP) is 2.82. The molecule has 0 bridgehead atoms. The van der Waals surface area contributed by atoms with Crippen LogP contribution < -0.4 is 0 Å². The lowest BCUT2D eigenvalue weighted by Gasteiger charge is -2.15. The molecule has 0 aliphatic rings. The number of hydrogen-bond donors (Lipinski definition) is 1. The largest absolute Gasteiger partial charge is 0.396 e. The van der Waals surface area contributed by atoms with Crippen LogP contribution in [0.2, 0.25) is 0 Å². The molecule has 0 rings (SSSR count). The third-order valence-electron chi connectivity index (χ3n) is 2.19. The predicted molar refractivity (Wildman–Crippen MR) is 62.3 cm³/mol. The second kappa shape index (κ2) is 7.14. The Morgan fingerprint density at radius 2 is 2.14 bits per heavy atom. The molecular formula is C11H21NOS. The molecule has 0 aromatic heterocycles. The summed E-state index contributed by atoms with van der Waals surface area (Å²) in [5.74, 6) is 1.09. The van der Waals surface area contributed by atoms with Gasteiger partial charge < -0.3 is 5.11 Å². The Kier molecular flexibility index (Phi) is 7.04. The van der Waals surface area contributed by atoms with Gasteiger partial charge in [0.15, 0.2) is 0 Å². The minimum atomic E-state index is -0.180. The average Bonchev–Trinajstić information content (AvgIpc) is 2.13. The fourth-order valence-corrected chi connectivity index (χ4v) is 2.11. The minimum absolute atomic E-state index is 0.180. The van der Waals surface area contributed by atoms with Crippen LogP contribution in [0.15, 0.2) is 0 Å². The Hall–Kier alpha value is -0.200. The maximum absolute atomic E-state index is 8.80. The first-order valence-corrected chi connectivity index (χ1v) is 6.20. The number of thioether (sulfide) groups is 1. The van der Waals surface area contributed by atoms with Gasteiger partial charge in [-0.3, -0.25) is 0 Å². The Morgan fingerprint density at radius 3 is 2.64 bits per heavy atom. The summed E-state index contributed by atoms with van der Waals surface area (Å²) in [4.78, 5) is 0. The van der Waals surface area contributed by atoms with Crippen LogP contribution in [0.25, 0.3) is 0 Å². The van der Waals surface area contributed by atoms with Crippen LogP contribution in [0.4, 0.5) is 0 Å². The van der Waals surface area contributed by atoms with Gasteiger partial charge in [0.25, 0.3) is 0 Å². The lowest BCUT2D eigenvalue weighted by molar-refractivity contribution is 0.289. The number of rotatable bonds is 7. The number of aliphatic hydroxyl groups excluding tert-OH is 1. The average molecular weight is 215 g/mol. The van der Waals surface area contributed by atoms with E-state index in [0.29, 0.717) is 5.25 Å². The van der Waals surface area contributed by atoms with E-state index in [0.717, 1.165) is 25.0 Å². The highest BCUT2D eigenvalue weighted by atomic mass is 32.2. The molecule has 0 fully saturated rings. The molecule has 0 saturated carbocycles. The van der Waals surface area contributed by atoms with E-state index >= 15 is 0 Å². The molecule has 0 radical (unpaired) electrons. The maximum atomic E-state index is 8.80.